The van der Waals surface area contributed by atoms with Crippen LogP contribution < -0.4 is 5.32 Å². The second-order valence-electron chi connectivity index (χ2n) is 4.39. The third-order valence-corrected chi connectivity index (χ3v) is 3.72. The van der Waals surface area contributed by atoms with Gasteiger partial charge in [0.25, 0.3) is 0 Å². The molecule has 1 atom stereocenters. The molecule has 0 saturated carbocycles. The normalized spacial score (nSPS) is 12.8. The van der Waals surface area contributed by atoms with Gasteiger partial charge in [-0.15, -0.1) is 5.10 Å². The molecule has 2 aromatic heterocycles. The van der Waals surface area contributed by atoms with Crippen molar-refractivity contribution in [2.45, 2.75) is 6.04 Å². The molecule has 0 aliphatic rings. The van der Waals surface area contributed by atoms with Crippen molar-refractivity contribution in [3.63, 3.8) is 0 Å². The largest absolute Gasteiger partial charge is 0.307 e. The minimum absolute atomic E-state index is 0.124. The van der Waals surface area contributed by atoms with Gasteiger partial charge in [-0.2, -0.15) is 0 Å². The summed E-state index contributed by atoms with van der Waals surface area (Å²) in [5.74, 6) is 0. The van der Waals surface area contributed by atoms with Crippen LogP contribution in [0, 0.1) is 0 Å². The molecule has 20 heavy (non-hydrogen) atoms. The van der Waals surface area contributed by atoms with Gasteiger partial charge in [0.05, 0.1) is 34.7 Å². The molecular formula is C13H13BrN6. The molecule has 0 saturated heterocycles. The maximum absolute atomic E-state index is 4.67. The highest BCUT2D eigenvalue weighted by Gasteiger charge is 2.22. The van der Waals surface area contributed by atoms with Gasteiger partial charge in [0.15, 0.2) is 4.60 Å². The molecule has 7 heteroatoms. The van der Waals surface area contributed by atoms with Gasteiger partial charge in [-0.05, 0) is 35.1 Å². The Balaban J connectivity index is 2.12. The van der Waals surface area contributed by atoms with Gasteiger partial charge in [-0.3, -0.25) is 4.98 Å². The molecule has 0 aliphatic heterocycles. The first kappa shape index (κ1) is 13.1. The second kappa shape index (κ2) is 5.26. The number of aromatic nitrogens is 5. The molecule has 0 spiro atoms. The van der Waals surface area contributed by atoms with Crippen LogP contribution in [0.1, 0.15) is 17.4 Å². The summed E-state index contributed by atoms with van der Waals surface area (Å²) in [4.78, 5) is 9.12. The molecule has 102 valence electrons. The highest BCUT2D eigenvalue weighted by atomic mass is 79.9. The zero-order valence-corrected chi connectivity index (χ0v) is 12.7. The Morgan fingerprint density at radius 2 is 2.00 bits per heavy atom. The van der Waals surface area contributed by atoms with E-state index in [-0.39, 0.29) is 6.04 Å². The van der Waals surface area contributed by atoms with Crippen molar-refractivity contribution in [2.75, 3.05) is 7.05 Å². The summed E-state index contributed by atoms with van der Waals surface area (Å²) >= 11 is 3.42. The molecule has 6 nitrogen and oxygen atoms in total. The molecule has 0 fully saturated rings. The Bertz CT molecular complexity index is 734. The Morgan fingerprint density at radius 3 is 2.65 bits per heavy atom. The first-order valence-corrected chi connectivity index (χ1v) is 6.94. The van der Waals surface area contributed by atoms with Gasteiger partial charge < -0.3 is 5.32 Å². The molecule has 0 aliphatic carbocycles. The molecule has 1 N–H and O–H groups in total. The Labute approximate surface area is 124 Å². The van der Waals surface area contributed by atoms with Gasteiger partial charge in [-0.1, -0.05) is 17.3 Å². The van der Waals surface area contributed by atoms with Crippen molar-refractivity contribution < 1.29 is 0 Å². The number of halogens is 1. The van der Waals surface area contributed by atoms with Crippen molar-refractivity contribution in [1.29, 1.82) is 0 Å². The highest BCUT2D eigenvalue weighted by molar-refractivity contribution is 9.10. The fourth-order valence-corrected chi connectivity index (χ4v) is 2.74. The third kappa shape index (κ3) is 2.19. The fourth-order valence-electron chi connectivity index (χ4n) is 2.18. The molecule has 3 rings (SSSR count). The van der Waals surface area contributed by atoms with Gasteiger partial charge in [0.1, 0.15) is 0 Å². The summed E-state index contributed by atoms with van der Waals surface area (Å²) in [6.07, 6.45) is 1.78. The second-order valence-corrected chi connectivity index (χ2v) is 5.15. The van der Waals surface area contributed by atoms with E-state index in [1.165, 1.54) is 0 Å². The van der Waals surface area contributed by atoms with E-state index in [0.29, 0.717) is 4.60 Å². The summed E-state index contributed by atoms with van der Waals surface area (Å²) in [6.45, 7) is 0. The molecule has 3 aromatic rings. The standard InChI is InChI=1S/C13H13BrN6/c1-15-11(12-13(14)18-19-20(12)2)10-7-16-8-5-3-4-6-9(8)17-10/h3-7,11,15H,1-2H3. The van der Waals surface area contributed by atoms with E-state index in [4.69, 9.17) is 0 Å². The molecule has 1 aromatic carbocycles. The van der Waals surface area contributed by atoms with E-state index in [2.05, 4.69) is 41.5 Å². The number of hydrogen-bond acceptors (Lipinski definition) is 5. The van der Waals surface area contributed by atoms with Crippen LogP contribution in [-0.2, 0) is 7.05 Å². The summed E-state index contributed by atoms with van der Waals surface area (Å²) in [6, 6.07) is 7.68. The first-order chi connectivity index (χ1) is 9.70. The molecule has 2 heterocycles. The average molecular weight is 333 g/mol. The van der Waals surface area contributed by atoms with Crippen molar-refractivity contribution in [2.24, 2.45) is 7.05 Å². The number of aryl methyl sites for hydroxylation is 1. The number of fused-ring (bicyclic) bond motifs is 1. The lowest BCUT2D eigenvalue weighted by Crippen LogP contribution is -2.22. The fraction of sp³-hybridized carbons (Fsp3) is 0.231. The number of para-hydroxylation sites is 2. The number of hydrogen-bond donors (Lipinski definition) is 1. The van der Waals surface area contributed by atoms with Crippen LogP contribution in [0.15, 0.2) is 35.1 Å². The van der Waals surface area contributed by atoms with Crippen molar-refractivity contribution in [3.05, 3.63) is 46.5 Å². The van der Waals surface area contributed by atoms with Gasteiger partial charge in [0, 0.05) is 7.05 Å². The summed E-state index contributed by atoms with van der Waals surface area (Å²) in [7, 11) is 3.73. The van der Waals surface area contributed by atoms with Crippen LogP contribution in [0.2, 0.25) is 0 Å². The smallest absolute Gasteiger partial charge is 0.153 e. The summed E-state index contributed by atoms with van der Waals surface area (Å²) in [5, 5.41) is 11.3. The Kier molecular flexibility index (Phi) is 3.45. The predicted octanol–water partition coefficient (Wildman–Crippen LogP) is 1.83. The zero-order chi connectivity index (χ0) is 14.1. The van der Waals surface area contributed by atoms with Crippen molar-refractivity contribution in [3.8, 4) is 0 Å². The minimum atomic E-state index is -0.124. The summed E-state index contributed by atoms with van der Waals surface area (Å²) in [5.41, 5.74) is 3.50. The molecule has 0 radical (unpaired) electrons. The van der Waals surface area contributed by atoms with Crippen molar-refractivity contribution >= 4 is 27.0 Å². The number of benzene rings is 1. The maximum atomic E-state index is 4.67. The highest BCUT2D eigenvalue weighted by Crippen LogP contribution is 2.25. The number of nitrogens with one attached hydrogen (secondary N) is 1. The molecular weight excluding hydrogens is 320 g/mol. The van der Waals surface area contributed by atoms with Crippen LogP contribution in [0.5, 0.6) is 0 Å². The van der Waals surface area contributed by atoms with Crippen molar-refractivity contribution in [1.82, 2.24) is 30.3 Å². The molecule has 0 amide bonds. The van der Waals surface area contributed by atoms with Crippen LogP contribution in [0.3, 0.4) is 0 Å². The van der Waals surface area contributed by atoms with Crippen LogP contribution >= 0.6 is 15.9 Å². The lowest BCUT2D eigenvalue weighted by atomic mass is 10.1. The van der Waals surface area contributed by atoms with Crippen LogP contribution in [0.25, 0.3) is 11.0 Å². The summed E-state index contributed by atoms with van der Waals surface area (Å²) < 4.78 is 2.43. The zero-order valence-electron chi connectivity index (χ0n) is 11.1. The lowest BCUT2D eigenvalue weighted by Gasteiger charge is -2.16. The Morgan fingerprint density at radius 1 is 1.25 bits per heavy atom. The van der Waals surface area contributed by atoms with E-state index in [0.717, 1.165) is 22.4 Å². The van der Waals surface area contributed by atoms with Gasteiger partial charge >= 0.3 is 0 Å². The molecule has 1 unspecified atom stereocenters. The van der Waals surface area contributed by atoms with E-state index >= 15 is 0 Å². The SMILES string of the molecule is CNC(c1cnc2ccccc2n1)c1c(Br)nnn1C. The predicted molar refractivity (Wildman–Crippen MR) is 79.1 cm³/mol. The van der Waals surface area contributed by atoms with E-state index < -0.39 is 0 Å². The van der Waals surface area contributed by atoms with E-state index in [9.17, 15) is 0 Å². The number of nitrogens with zero attached hydrogens (tertiary/aromatic N) is 5. The van der Waals surface area contributed by atoms with Crippen LogP contribution in [-0.4, -0.2) is 32.0 Å². The Hall–Kier alpha value is -1.86. The topological polar surface area (TPSA) is 68.5 Å². The monoisotopic (exact) mass is 332 g/mol. The van der Waals surface area contributed by atoms with Crippen LogP contribution in [0.4, 0.5) is 0 Å². The van der Waals surface area contributed by atoms with Gasteiger partial charge in [0.2, 0.25) is 0 Å². The van der Waals surface area contributed by atoms with E-state index in [1.807, 2.05) is 38.4 Å². The molecule has 0 bridgehead atoms. The quantitative estimate of drug-likeness (QED) is 0.792. The average Bonchev–Trinajstić information content (AvgIpc) is 2.80. The number of rotatable bonds is 3. The minimum Gasteiger partial charge on any atom is -0.307 e. The maximum Gasteiger partial charge on any atom is 0.153 e. The van der Waals surface area contributed by atoms with Gasteiger partial charge in [-0.25, -0.2) is 9.67 Å². The first-order valence-electron chi connectivity index (χ1n) is 6.14. The third-order valence-electron chi connectivity index (χ3n) is 3.15. The lowest BCUT2D eigenvalue weighted by molar-refractivity contribution is 0.586. The van der Waals surface area contributed by atoms with E-state index in [1.54, 1.807) is 10.9 Å².